The maximum atomic E-state index is 13.1. The highest BCUT2D eigenvalue weighted by atomic mass is 32.2. The van der Waals surface area contributed by atoms with Crippen LogP contribution in [0.3, 0.4) is 0 Å². The lowest BCUT2D eigenvalue weighted by molar-refractivity contribution is 0.385. The summed E-state index contributed by atoms with van der Waals surface area (Å²) in [7, 11) is -2.58. The monoisotopic (exact) mass is 478 g/mol. The molecule has 33 heavy (non-hydrogen) atoms. The SMILES string of the molecule is C=C(Nc1cnc(OC)c(S(=O)(=O)Nc2ccccc2C)c1)c1csc(-c2ccccc2)n1. The molecule has 2 N–H and O–H groups in total. The van der Waals surface area contributed by atoms with E-state index < -0.39 is 10.0 Å². The van der Waals surface area contributed by atoms with Crippen molar-refractivity contribution in [1.29, 1.82) is 0 Å². The van der Waals surface area contributed by atoms with E-state index in [1.165, 1.54) is 30.7 Å². The van der Waals surface area contributed by atoms with Gasteiger partial charge in [0.1, 0.15) is 5.01 Å². The number of nitrogens with zero attached hydrogens (tertiary/aromatic N) is 2. The molecule has 2 aromatic heterocycles. The summed E-state index contributed by atoms with van der Waals surface area (Å²) in [6.07, 6.45) is 1.49. The van der Waals surface area contributed by atoms with Crippen LogP contribution in [-0.2, 0) is 10.0 Å². The smallest absolute Gasteiger partial charge is 0.267 e. The molecule has 0 aliphatic carbocycles. The average Bonchev–Trinajstić information content (AvgIpc) is 3.32. The molecule has 168 valence electrons. The third kappa shape index (κ3) is 5.05. The van der Waals surface area contributed by atoms with Crippen LogP contribution < -0.4 is 14.8 Å². The number of hydrogen-bond donors (Lipinski definition) is 2. The molecule has 0 saturated carbocycles. The van der Waals surface area contributed by atoms with Gasteiger partial charge < -0.3 is 10.1 Å². The van der Waals surface area contributed by atoms with Gasteiger partial charge in [0.2, 0.25) is 5.88 Å². The van der Waals surface area contributed by atoms with Gasteiger partial charge in [-0.1, -0.05) is 55.1 Å². The van der Waals surface area contributed by atoms with E-state index in [1.807, 2.05) is 54.8 Å². The maximum Gasteiger partial charge on any atom is 0.267 e. The zero-order chi connectivity index (χ0) is 23.4. The molecule has 4 rings (SSSR count). The first-order valence-corrected chi connectivity index (χ1v) is 12.3. The molecule has 0 radical (unpaired) electrons. The minimum atomic E-state index is -3.95. The highest BCUT2D eigenvalue weighted by molar-refractivity contribution is 7.92. The van der Waals surface area contributed by atoms with Crippen molar-refractivity contribution < 1.29 is 13.2 Å². The van der Waals surface area contributed by atoms with Gasteiger partial charge in [0.15, 0.2) is 4.90 Å². The number of aromatic nitrogens is 2. The van der Waals surface area contributed by atoms with E-state index in [-0.39, 0.29) is 10.8 Å². The van der Waals surface area contributed by atoms with E-state index in [0.717, 1.165) is 16.1 Å². The summed E-state index contributed by atoms with van der Waals surface area (Å²) in [6, 6.07) is 18.4. The van der Waals surface area contributed by atoms with E-state index in [0.29, 0.717) is 22.8 Å². The van der Waals surface area contributed by atoms with Crippen molar-refractivity contribution in [1.82, 2.24) is 9.97 Å². The molecule has 2 heterocycles. The Morgan fingerprint density at radius 2 is 1.82 bits per heavy atom. The highest BCUT2D eigenvalue weighted by Crippen LogP contribution is 2.30. The van der Waals surface area contributed by atoms with Crippen molar-refractivity contribution in [2.75, 3.05) is 17.1 Å². The summed E-state index contributed by atoms with van der Waals surface area (Å²) in [5.74, 6) is -0.00716. The average molecular weight is 479 g/mol. The predicted octanol–water partition coefficient (Wildman–Crippen LogP) is 5.41. The van der Waals surface area contributed by atoms with Crippen molar-refractivity contribution in [3.63, 3.8) is 0 Å². The number of sulfonamides is 1. The second-order valence-corrected chi connectivity index (χ2v) is 9.67. The highest BCUT2D eigenvalue weighted by Gasteiger charge is 2.22. The van der Waals surface area contributed by atoms with Crippen molar-refractivity contribution >= 4 is 38.4 Å². The van der Waals surface area contributed by atoms with Crippen molar-refractivity contribution in [2.45, 2.75) is 11.8 Å². The Labute approximate surface area is 196 Å². The largest absolute Gasteiger partial charge is 0.480 e. The number of hydrogen-bond acceptors (Lipinski definition) is 7. The van der Waals surface area contributed by atoms with E-state index in [2.05, 4.69) is 26.6 Å². The van der Waals surface area contributed by atoms with Gasteiger partial charge in [-0.3, -0.25) is 4.72 Å². The van der Waals surface area contributed by atoms with Gasteiger partial charge in [-0.25, -0.2) is 18.4 Å². The Kier molecular flexibility index (Phi) is 6.43. The van der Waals surface area contributed by atoms with Gasteiger partial charge in [-0.05, 0) is 24.6 Å². The van der Waals surface area contributed by atoms with Crippen LogP contribution in [0.2, 0.25) is 0 Å². The first-order chi connectivity index (χ1) is 15.9. The third-order valence-corrected chi connectivity index (χ3v) is 7.07. The number of nitrogens with one attached hydrogen (secondary N) is 2. The molecule has 0 amide bonds. The summed E-state index contributed by atoms with van der Waals surface area (Å²) >= 11 is 1.50. The third-order valence-electron chi connectivity index (χ3n) is 4.82. The van der Waals surface area contributed by atoms with Gasteiger partial charge in [-0.15, -0.1) is 11.3 Å². The van der Waals surface area contributed by atoms with Crippen LogP contribution in [0.4, 0.5) is 11.4 Å². The van der Waals surface area contributed by atoms with E-state index in [4.69, 9.17) is 4.74 Å². The summed E-state index contributed by atoms with van der Waals surface area (Å²) in [6.45, 7) is 5.88. The molecule has 0 saturated heterocycles. The fraction of sp³-hybridized carbons (Fsp3) is 0.0833. The number of rotatable bonds is 8. The Balaban J connectivity index is 1.59. The number of pyridine rings is 1. The molecule has 0 fully saturated rings. The molecular weight excluding hydrogens is 456 g/mol. The first-order valence-electron chi connectivity index (χ1n) is 9.97. The molecule has 0 atom stereocenters. The Morgan fingerprint density at radius 3 is 2.55 bits per heavy atom. The lowest BCUT2D eigenvalue weighted by Gasteiger charge is -2.14. The Bertz CT molecular complexity index is 1400. The molecule has 0 aliphatic rings. The normalized spacial score (nSPS) is 11.1. The minimum Gasteiger partial charge on any atom is -0.480 e. The molecule has 0 unspecified atom stereocenters. The van der Waals surface area contributed by atoms with Crippen molar-refractivity contribution in [3.05, 3.63) is 90.1 Å². The van der Waals surface area contributed by atoms with Gasteiger partial charge in [0.25, 0.3) is 10.0 Å². The van der Waals surface area contributed by atoms with Crippen LogP contribution >= 0.6 is 11.3 Å². The number of aryl methyl sites for hydroxylation is 1. The Hall–Kier alpha value is -3.69. The quantitative estimate of drug-likeness (QED) is 0.352. The van der Waals surface area contributed by atoms with Gasteiger partial charge in [-0.2, -0.15) is 0 Å². The fourth-order valence-corrected chi connectivity index (χ4v) is 5.22. The van der Waals surface area contributed by atoms with Gasteiger partial charge in [0.05, 0.1) is 36.1 Å². The first kappa shape index (κ1) is 22.5. The van der Waals surface area contributed by atoms with Crippen LogP contribution in [0.25, 0.3) is 16.3 Å². The molecular formula is C24H22N4O3S2. The maximum absolute atomic E-state index is 13.1. The van der Waals surface area contributed by atoms with Gasteiger partial charge >= 0.3 is 0 Å². The van der Waals surface area contributed by atoms with Crippen LogP contribution in [0, 0.1) is 6.92 Å². The van der Waals surface area contributed by atoms with Gasteiger partial charge in [0, 0.05) is 10.9 Å². The summed E-state index contributed by atoms with van der Waals surface area (Å²) in [4.78, 5) is 8.70. The lowest BCUT2D eigenvalue weighted by Crippen LogP contribution is -2.16. The predicted molar refractivity (Wildman–Crippen MR) is 133 cm³/mol. The topological polar surface area (TPSA) is 93.2 Å². The zero-order valence-corrected chi connectivity index (χ0v) is 19.7. The number of anilines is 2. The van der Waals surface area contributed by atoms with Crippen LogP contribution in [0.1, 0.15) is 11.3 Å². The molecule has 4 aromatic rings. The number of thiazole rings is 1. The lowest BCUT2D eigenvalue weighted by atomic mass is 10.2. The molecule has 0 spiro atoms. The fourth-order valence-electron chi connectivity index (χ4n) is 3.10. The van der Waals surface area contributed by atoms with E-state index in [9.17, 15) is 8.42 Å². The van der Waals surface area contributed by atoms with Crippen LogP contribution in [0.15, 0.2) is 83.7 Å². The second kappa shape index (κ2) is 9.43. The number of methoxy groups -OCH3 is 1. The molecule has 7 nitrogen and oxygen atoms in total. The Morgan fingerprint density at radius 1 is 1.09 bits per heavy atom. The van der Waals surface area contributed by atoms with E-state index in [1.54, 1.807) is 12.1 Å². The molecule has 0 aliphatic heterocycles. The molecule has 0 bridgehead atoms. The van der Waals surface area contributed by atoms with E-state index >= 15 is 0 Å². The molecule has 2 aromatic carbocycles. The summed E-state index contributed by atoms with van der Waals surface area (Å²) in [5.41, 5.74) is 3.93. The van der Waals surface area contributed by atoms with Crippen molar-refractivity contribution in [3.8, 4) is 16.5 Å². The zero-order valence-electron chi connectivity index (χ0n) is 18.1. The molecule has 9 heteroatoms. The number of ether oxygens (including phenoxy) is 1. The van der Waals surface area contributed by atoms with Crippen LogP contribution in [-0.4, -0.2) is 25.5 Å². The standard InChI is InChI=1S/C24H22N4O3S2/c1-16-9-7-8-12-20(16)28-33(29,30)22-13-19(14-25-23(22)31-3)26-17(2)21-15-32-24(27-21)18-10-5-4-6-11-18/h4-15,26,28H,2H2,1,3H3. The number of benzene rings is 2. The van der Waals surface area contributed by atoms with Crippen molar-refractivity contribution in [2.24, 2.45) is 0 Å². The summed E-state index contributed by atoms with van der Waals surface area (Å²) in [5, 5.41) is 5.86. The number of para-hydroxylation sites is 1. The second-order valence-electron chi connectivity index (χ2n) is 7.16. The summed E-state index contributed by atoms with van der Waals surface area (Å²) < 4.78 is 34.0. The minimum absolute atomic E-state index is 0.00716. The van der Waals surface area contributed by atoms with Crippen LogP contribution in [0.5, 0.6) is 5.88 Å².